The van der Waals surface area contributed by atoms with Crippen LogP contribution in [0.25, 0.3) is 17.2 Å². The summed E-state index contributed by atoms with van der Waals surface area (Å²) in [5.41, 5.74) is 3.77. The van der Waals surface area contributed by atoms with E-state index >= 15 is 0 Å². The maximum Gasteiger partial charge on any atom is 0.293 e. The average molecular weight is 436 g/mol. The molecule has 1 saturated heterocycles. The van der Waals surface area contributed by atoms with Crippen LogP contribution in [0.3, 0.4) is 0 Å². The number of nitrogens with zero attached hydrogens (tertiary/aromatic N) is 1. The van der Waals surface area contributed by atoms with Gasteiger partial charge in [-0.25, -0.2) is 0 Å². The molecule has 0 unspecified atom stereocenters. The molecule has 1 aliphatic heterocycles. The Bertz CT molecular complexity index is 1120. The van der Waals surface area contributed by atoms with E-state index in [2.05, 4.69) is 0 Å². The number of methoxy groups -OCH3 is 1. The van der Waals surface area contributed by atoms with Gasteiger partial charge in [-0.15, -0.1) is 0 Å². The molecular weight excluding hydrogens is 418 g/mol. The first-order chi connectivity index (χ1) is 14.5. The van der Waals surface area contributed by atoms with E-state index in [0.717, 1.165) is 39.8 Å². The highest BCUT2D eigenvalue weighted by atomic mass is 35.5. The van der Waals surface area contributed by atoms with Crippen LogP contribution in [0.5, 0.6) is 5.75 Å². The summed E-state index contributed by atoms with van der Waals surface area (Å²) in [4.78, 5) is 26.9. The lowest BCUT2D eigenvalue weighted by atomic mass is 10.0. The van der Waals surface area contributed by atoms with Gasteiger partial charge in [0.15, 0.2) is 0 Å². The van der Waals surface area contributed by atoms with E-state index in [4.69, 9.17) is 16.3 Å². The summed E-state index contributed by atoms with van der Waals surface area (Å²) >= 11 is 6.93. The molecule has 3 aromatic rings. The monoisotopic (exact) mass is 435 g/mol. The molecule has 0 spiro atoms. The van der Waals surface area contributed by atoms with Crippen LogP contribution in [-0.2, 0) is 11.3 Å². The van der Waals surface area contributed by atoms with Crippen LogP contribution in [0, 0.1) is 0 Å². The number of halogens is 1. The molecular formula is C24H18ClNO3S. The molecule has 4 rings (SSSR count). The number of imide groups is 1. The van der Waals surface area contributed by atoms with Crippen molar-refractivity contribution in [1.29, 1.82) is 0 Å². The van der Waals surface area contributed by atoms with Gasteiger partial charge in [0, 0.05) is 5.02 Å². The van der Waals surface area contributed by atoms with Crippen LogP contribution in [0.4, 0.5) is 4.79 Å². The zero-order valence-corrected chi connectivity index (χ0v) is 17.7. The van der Waals surface area contributed by atoms with E-state index in [1.54, 1.807) is 13.2 Å². The van der Waals surface area contributed by atoms with E-state index in [9.17, 15) is 9.59 Å². The largest absolute Gasteiger partial charge is 0.497 e. The lowest BCUT2D eigenvalue weighted by molar-refractivity contribution is -0.123. The second-order valence-electron chi connectivity index (χ2n) is 6.75. The van der Waals surface area contributed by atoms with Crippen LogP contribution < -0.4 is 4.74 Å². The molecule has 0 aromatic heterocycles. The fourth-order valence-electron chi connectivity index (χ4n) is 3.15. The summed E-state index contributed by atoms with van der Waals surface area (Å²) in [5, 5.41) is 0.413. The fourth-order valence-corrected chi connectivity index (χ4v) is 4.12. The number of thioether (sulfide) groups is 1. The van der Waals surface area contributed by atoms with E-state index in [0.29, 0.717) is 9.93 Å². The van der Waals surface area contributed by atoms with Gasteiger partial charge in [-0.05, 0) is 70.4 Å². The summed E-state index contributed by atoms with van der Waals surface area (Å²) < 4.78 is 5.14. The van der Waals surface area contributed by atoms with Crippen LogP contribution in [0.2, 0.25) is 5.02 Å². The number of carbonyl (C=O) groups is 2. The molecule has 0 radical (unpaired) electrons. The molecule has 1 heterocycles. The topological polar surface area (TPSA) is 46.6 Å². The van der Waals surface area contributed by atoms with Gasteiger partial charge in [0.2, 0.25) is 0 Å². The quantitative estimate of drug-likeness (QED) is 0.444. The third kappa shape index (κ3) is 4.42. The van der Waals surface area contributed by atoms with Gasteiger partial charge in [-0.3, -0.25) is 14.5 Å². The molecule has 4 nitrogen and oxygen atoms in total. The fraction of sp³-hybridized carbons (Fsp3) is 0.0833. The number of hydrogen-bond acceptors (Lipinski definition) is 4. The van der Waals surface area contributed by atoms with E-state index in [1.807, 2.05) is 72.8 Å². The number of hydrogen-bond donors (Lipinski definition) is 0. The highest BCUT2D eigenvalue weighted by Gasteiger charge is 2.34. The van der Waals surface area contributed by atoms with Gasteiger partial charge in [0.05, 0.1) is 18.6 Å². The van der Waals surface area contributed by atoms with E-state index < -0.39 is 0 Å². The normalized spacial score (nSPS) is 15.1. The third-order valence-electron chi connectivity index (χ3n) is 4.74. The van der Waals surface area contributed by atoms with Crippen molar-refractivity contribution in [3.8, 4) is 16.9 Å². The Morgan fingerprint density at radius 3 is 2.40 bits per heavy atom. The van der Waals surface area contributed by atoms with Gasteiger partial charge < -0.3 is 4.74 Å². The van der Waals surface area contributed by atoms with Gasteiger partial charge in [-0.1, -0.05) is 54.1 Å². The molecule has 0 atom stereocenters. The lowest BCUT2D eigenvalue weighted by Gasteiger charge is -2.12. The van der Waals surface area contributed by atoms with Gasteiger partial charge >= 0.3 is 0 Å². The van der Waals surface area contributed by atoms with Gasteiger partial charge in [0.1, 0.15) is 5.75 Å². The Morgan fingerprint density at radius 2 is 1.70 bits per heavy atom. The molecule has 1 fully saturated rings. The summed E-state index contributed by atoms with van der Waals surface area (Å²) in [7, 11) is 1.60. The van der Waals surface area contributed by atoms with Crippen molar-refractivity contribution in [3.05, 3.63) is 93.9 Å². The van der Waals surface area contributed by atoms with Crippen molar-refractivity contribution < 1.29 is 14.3 Å². The second-order valence-corrected chi connectivity index (χ2v) is 8.18. The van der Waals surface area contributed by atoms with Gasteiger partial charge in [-0.2, -0.15) is 0 Å². The third-order valence-corrected chi connectivity index (χ3v) is 5.89. The summed E-state index contributed by atoms with van der Waals surface area (Å²) in [6, 6.07) is 22.7. The van der Waals surface area contributed by atoms with Crippen LogP contribution in [0.15, 0.2) is 77.7 Å². The Labute approximate surface area is 184 Å². The maximum atomic E-state index is 12.8. The minimum Gasteiger partial charge on any atom is -0.497 e. The molecule has 2 amide bonds. The highest BCUT2D eigenvalue weighted by Crippen LogP contribution is 2.34. The molecule has 6 heteroatoms. The first kappa shape index (κ1) is 20.3. The zero-order valence-electron chi connectivity index (χ0n) is 16.2. The van der Waals surface area contributed by atoms with Crippen LogP contribution in [0.1, 0.15) is 11.1 Å². The minimum atomic E-state index is -0.280. The predicted molar refractivity (Wildman–Crippen MR) is 121 cm³/mol. The zero-order chi connectivity index (χ0) is 21.1. The van der Waals surface area contributed by atoms with Gasteiger partial charge in [0.25, 0.3) is 11.1 Å². The smallest absolute Gasteiger partial charge is 0.293 e. The molecule has 0 N–H and O–H groups in total. The Kier molecular flexibility index (Phi) is 5.93. The first-order valence-corrected chi connectivity index (χ1v) is 10.5. The van der Waals surface area contributed by atoms with Crippen molar-refractivity contribution in [2.75, 3.05) is 7.11 Å². The highest BCUT2D eigenvalue weighted by molar-refractivity contribution is 8.18. The average Bonchev–Trinajstić information content (AvgIpc) is 3.02. The summed E-state index contributed by atoms with van der Waals surface area (Å²) in [5.74, 6) is 0.450. The van der Waals surface area contributed by atoms with Crippen molar-refractivity contribution in [2.24, 2.45) is 0 Å². The Morgan fingerprint density at radius 1 is 0.967 bits per heavy atom. The number of amides is 2. The lowest BCUT2D eigenvalue weighted by Crippen LogP contribution is -2.27. The second kappa shape index (κ2) is 8.78. The van der Waals surface area contributed by atoms with E-state index in [1.165, 1.54) is 4.90 Å². The SMILES string of the molecule is COc1ccc(CN2C(=O)S/C(=C\c3cccc(-c4ccc(Cl)cc4)c3)C2=O)cc1. The molecule has 150 valence electrons. The molecule has 0 bridgehead atoms. The summed E-state index contributed by atoms with van der Waals surface area (Å²) in [6.07, 6.45) is 1.76. The molecule has 0 saturated carbocycles. The number of ether oxygens (including phenoxy) is 1. The minimum absolute atomic E-state index is 0.233. The van der Waals surface area contributed by atoms with E-state index in [-0.39, 0.29) is 17.7 Å². The molecule has 3 aromatic carbocycles. The number of carbonyl (C=O) groups excluding carboxylic acids is 2. The number of rotatable bonds is 5. The summed E-state index contributed by atoms with van der Waals surface area (Å²) in [6.45, 7) is 0.233. The Balaban J connectivity index is 1.54. The molecule has 1 aliphatic rings. The van der Waals surface area contributed by atoms with Crippen molar-refractivity contribution in [3.63, 3.8) is 0 Å². The standard InChI is InChI=1S/C24H18ClNO3S/c1-29-21-11-5-16(6-12-21)15-26-23(27)22(30-24(26)28)14-17-3-2-4-19(13-17)18-7-9-20(25)10-8-18/h2-14H,15H2,1H3/b22-14-. The number of benzene rings is 3. The Hall–Kier alpha value is -3.02. The molecule has 30 heavy (non-hydrogen) atoms. The van der Waals surface area contributed by atoms with Crippen molar-refractivity contribution >= 4 is 40.6 Å². The predicted octanol–water partition coefficient (Wildman–Crippen LogP) is 6.25. The maximum absolute atomic E-state index is 12.8. The van der Waals surface area contributed by atoms with Crippen molar-refractivity contribution in [1.82, 2.24) is 4.90 Å². The van der Waals surface area contributed by atoms with Crippen LogP contribution >= 0.6 is 23.4 Å². The molecule has 0 aliphatic carbocycles. The van der Waals surface area contributed by atoms with Crippen molar-refractivity contribution in [2.45, 2.75) is 6.54 Å². The van der Waals surface area contributed by atoms with Crippen LogP contribution in [-0.4, -0.2) is 23.2 Å². The first-order valence-electron chi connectivity index (χ1n) is 9.28.